The van der Waals surface area contributed by atoms with Crippen LogP contribution in [0.4, 0.5) is 0 Å². The number of carboxylic acids is 1. The standard InChI is InChI=1S/C14H13NO3/c1-9-7-13(16)8-10(2)15(9)12-5-3-11(4-6-12)14(17)18/h3-8H,1-2H3,(H,17,18). The van der Waals surface area contributed by atoms with E-state index in [1.165, 1.54) is 0 Å². The summed E-state index contributed by atoms with van der Waals surface area (Å²) in [6.07, 6.45) is 0. The second-order valence-electron chi connectivity index (χ2n) is 4.16. The van der Waals surface area contributed by atoms with Gasteiger partial charge in [0.1, 0.15) is 0 Å². The Morgan fingerprint density at radius 3 is 2.00 bits per heavy atom. The van der Waals surface area contributed by atoms with Gasteiger partial charge in [-0.1, -0.05) is 0 Å². The van der Waals surface area contributed by atoms with Crippen molar-refractivity contribution in [3.63, 3.8) is 0 Å². The molecule has 0 bridgehead atoms. The van der Waals surface area contributed by atoms with Crippen molar-refractivity contribution in [1.82, 2.24) is 4.57 Å². The van der Waals surface area contributed by atoms with Crippen molar-refractivity contribution >= 4 is 5.97 Å². The third-order valence-electron chi connectivity index (χ3n) is 2.78. The monoisotopic (exact) mass is 243 g/mol. The van der Waals surface area contributed by atoms with Crippen LogP contribution in [-0.4, -0.2) is 15.6 Å². The summed E-state index contributed by atoms with van der Waals surface area (Å²) in [5, 5.41) is 8.84. The number of pyridine rings is 1. The molecule has 0 aliphatic heterocycles. The predicted molar refractivity (Wildman–Crippen MR) is 68.5 cm³/mol. The number of rotatable bonds is 2. The number of carboxylic acid groups (broad SMARTS) is 1. The van der Waals surface area contributed by atoms with Crippen molar-refractivity contribution in [3.8, 4) is 5.69 Å². The van der Waals surface area contributed by atoms with Crippen LogP contribution in [0.15, 0.2) is 41.2 Å². The molecule has 0 radical (unpaired) electrons. The first-order valence-corrected chi connectivity index (χ1v) is 5.53. The molecular weight excluding hydrogens is 230 g/mol. The van der Waals surface area contributed by atoms with Gasteiger partial charge >= 0.3 is 5.97 Å². The third-order valence-corrected chi connectivity index (χ3v) is 2.78. The van der Waals surface area contributed by atoms with E-state index in [9.17, 15) is 9.59 Å². The fourth-order valence-electron chi connectivity index (χ4n) is 2.02. The van der Waals surface area contributed by atoms with Crippen LogP contribution in [0.2, 0.25) is 0 Å². The van der Waals surface area contributed by atoms with Crippen LogP contribution < -0.4 is 5.43 Å². The summed E-state index contributed by atoms with van der Waals surface area (Å²) >= 11 is 0. The minimum Gasteiger partial charge on any atom is -0.478 e. The quantitative estimate of drug-likeness (QED) is 0.879. The zero-order chi connectivity index (χ0) is 13.3. The minimum atomic E-state index is -0.949. The lowest BCUT2D eigenvalue weighted by molar-refractivity contribution is 0.0697. The molecule has 0 spiro atoms. The maximum atomic E-state index is 11.3. The number of nitrogens with zero attached hydrogens (tertiary/aromatic N) is 1. The van der Waals surface area contributed by atoms with Gasteiger partial charge < -0.3 is 9.67 Å². The van der Waals surface area contributed by atoms with Gasteiger partial charge in [0.15, 0.2) is 5.43 Å². The van der Waals surface area contributed by atoms with Gasteiger partial charge in [0.25, 0.3) is 0 Å². The maximum absolute atomic E-state index is 11.3. The van der Waals surface area contributed by atoms with E-state index >= 15 is 0 Å². The van der Waals surface area contributed by atoms with E-state index in [2.05, 4.69) is 0 Å². The van der Waals surface area contributed by atoms with E-state index in [-0.39, 0.29) is 11.0 Å². The molecule has 92 valence electrons. The summed E-state index contributed by atoms with van der Waals surface area (Å²) in [6.45, 7) is 3.69. The van der Waals surface area contributed by atoms with Gasteiger partial charge in [0.2, 0.25) is 0 Å². The van der Waals surface area contributed by atoms with E-state index in [0.29, 0.717) is 0 Å². The normalized spacial score (nSPS) is 10.3. The van der Waals surface area contributed by atoms with Crippen LogP contribution in [-0.2, 0) is 0 Å². The SMILES string of the molecule is Cc1cc(=O)cc(C)n1-c1ccc(C(=O)O)cc1. The topological polar surface area (TPSA) is 59.3 Å². The zero-order valence-corrected chi connectivity index (χ0v) is 10.2. The van der Waals surface area contributed by atoms with Crippen LogP contribution >= 0.6 is 0 Å². The second-order valence-corrected chi connectivity index (χ2v) is 4.16. The Hall–Kier alpha value is -2.36. The first-order chi connectivity index (χ1) is 8.49. The highest BCUT2D eigenvalue weighted by molar-refractivity contribution is 5.87. The second kappa shape index (κ2) is 4.49. The number of aromatic nitrogens is 1. The van der Waals surface area contributed by atoms with E-state index in [1.807, 2.05) is 18.4 Å². The number of aryl methyl sites for hydroxylation is 2. The lowest BCUT2D eigenvalue weighted by Gasteiger charge is -2.14. The van der Waals surface area contributed by atoms with Crippen LogP contribution in [0.3, 0.4) is 0 Å². The van der Waals surface area contributed by atoms with Gasteiger partial charge in [-0.15, -0.1) is 0 Å². The zero-order valence-electron chi connectivity index (χ0n) is 10.2. The van der Waals surface area contributed by atoms with Crippen LogP contribution in [0.25, 0.3) is 5.69 Å². The Bertz CT molecular complexity index is 627. The fraction of sp³-hybridized carbons (Fsp3) is 0.143. The molecule has 0 unspecified atom stereocenters. The summed E-state index contributed by atoms with van der Waals surface area (Å²) in [4.78, 5) is 22.1. The third kappa shape index (κ3) is 2.18. The molecule has 2 rings (SSSR count). The fourth-order valence-corrected chi connectivity index (χ4v) is 2.02. The molecule has 1 N–H and O–H groups in total. The smallest absolute Gasteiger partial charge is 0.335 e. The van der Waals surface area contributed by atoms with Crippen molar-refractivity contribution in [2.45, 2.75) is 13.8 Å². The van der Waals surface area contributed by atoms with Crippen molar-refractivity contribution in [2.75, 3.05) is 0 Å². The highest BCUT2D eigenvalue weighted by atomic mass is 16.4. The van der Waals surface area contributed by atoms with Crippen LogP contribution in [0.5, 0.6) is 0 Å². The lowest BCUT2D eigenvalue weighted by atomic mass is 10.2. The van der Waals surface area contributed by atoms with Gasteiger partial charge in [0, 0.05) is 29.2 Å². The van der Waals surface area contributed by atoms with E-state index in [0.717, 1.165) is 17.1 Å². The molecule has 4 heteroatoms. The molecule has 1 heterocycles. The number of hydrogen-bond donors (Lipinski definition) is 1. The molecule has 0 fully saturated rings. The first kappa shape index (κ1) is 12.1. The molecule has 18 heavy (non-hydrogen) atoms. The van der Waals surface area contributed by atoms with Crippen molar-refractivity contribution < 1.29 is 9.90 Å². The van der Waals surface area contributed by atoms with Crippen molar-refractivity contribution in [2.24, 2.45) is 0 Å². The van der Waals surface area contributed by atoms with Gasteiger partial charge in [-0.25, -0.2) is 4.79 Å². The summed E-state index contributed by atoms with van der Waals surface area (Å²) in [5.41, 5.74) is 2.71. The average Bonchev–Trinajstić information content (AvgIpc) is 2.28. The van der Waals surface area contributed by atoms with Gasteiger partial charge in [-0.3, -0.25) is 4.79 Å². The summed E-state index contributed by atoms with van der Waals surface area (Å²) in [7, 11) is 0. The van der Waals surface area contributed by atoms with Gasteiger partial charge in [-0.05, 0) is 38.1 Å². The molecule has 4 nitrogen and oxygen atoms in total. The Morgan fingerprint density at radius 2 is 1.56 bits per heavy atom. The molecule has 0 aliphatic rings. The summed E-state index contributed by atoms with van der Waals surface area (Å²) in [6, 6.07) is 9.67. The molecule has 0 atom stereocenters. The van der Waals surface area contributed by atoms with E-state index in [1.54, 1.807) is 36.4 Å². The lowest BCUT2D eigenvalue weighted by Crippen LogP contribution is -2.11. The Labute approximate surface area is 104 Å². The largest absolute Gasteiger partial charge is 0.478 e. The Morgan fingerprint density at radius 1 is 1.06 bits per heavy atom. The maximum Gasteiger partial charge on any atom is 0.335 e. The molecule has 0 aliphatic carbocycles. The van der Waals surface area contributed by atoms with Crippen LogP contribution in [0, 0.1) is 13.8 Å². The number of aromatic carboxylic acids is 1. The highest BCUT2D eigenvalue weighted by Gasteiger charge is 2.06. The molecule has 0 saturated carbocycles. The molecular formula is C14H13NO3. The molecule has 1 aromatic carbocycles. The molecule has 2 aromatic rings. The molecule has 1 aromatic heterocycles. The first-order valence-electron chi connectivity index (χ1n) is 5.53. The van der Waals surface area contributed by atoms with Crippen molar-refractivity contribution in [3.05, 3.63) is 63.6 Å². The highest BCUT2D eigenvalue weighted by Crippen LogP contribution is 2.14. The Balaban J connectivity index is 2.56. The molecule has 0 saturated heterocycles. The minimum absolute atomic E-state index is 0.0246. The molecule has 0 amide bonds. The van der Waals surface area contributed by atoms with E-state index < -0.39 is 5.97 Å². The predicted octanol–water partition coefficient (Wildman–Crippen LogP) is 2.15. The number of carbonyl (C=O) groups is 1. The van der Waals surface area contributed by atoms with Gasteiger partial charge in [-0.2, -0.15) is 0 Å². The Kier molecular flexibility index (Phi) is 3.02. The number of benzene rings is 1. The average molecular weight is 243 g/mol. The van der Waals surface area contributed by atoms with Gasteiger partial charge in [0.05, 0.1) is 5.56 Å². The summed E-state index contributed by atoms with van der Waals surface area (Å²) < 4.78 is 1.91. The number of hydrogen-bond acceptors (Lipinski definition) is 2. The summed E-state index contributed by atoms with van der Waals surface area (Å²) in [5.74, 6) is -0.949. The van der Waals surface area contributed by atoms with E-state index in [4.69, 9.17) is 5.11 Å². The van der Waals surface area contributed by atoms with Crippen LogP contribution in [0.1, 0.15) is 21.7 Å². The van der Waals surface area contributed by atoms with Crippen molar-refractivity contribution in [1.29, 1.82) is 0 Å².